The topological polar surface area (TPSA) is 42.4 Å². The summed E-state index contributed by atoms with van der Waals surface area (Å²) in [5.74, 6) is 0.833. The Morgan fingerprint density at radius 2 is 2.05 bits per heavy atom. The molecular weight excluding hydrogens is 238 g/mol. The first-order chi connectivity index (χ1) is 9.22. The highest BCUT2D eigenvalue weighted by Crippen LogP contribution is 2.29. The lowest BCUT2D eigenvalue weighted by Gasteiger charge is -2.13. The number of hydrogen-bond donors (Lipinski definition) is 1. The van der Waals surface area contributed by atoms with E-state index in [-0.39, 0.29) is 0 Å². The molecule has 1 aromatic heterocycles. The monoisotopic (exact) mass is 255 g/mol. The van der Waals surface area contributed by atoms with Crippen molar-refractivity contribution >= 4 is 0 Å². The van der Waals surface area contributed by atoms with Gasteiger partial charge in [0.2, 0.25) is 0 Å². The minimum Gasteiger partial charge on any atom is -0.490 e. The Balaban J connectivity index is 1.81. The molecule has 0 radical (unpaired) electrons. The number of rotatable bonds is 4. The second kappa shape index (κ2) is 5.02. The molecule has 0 aliphatic heterocycles. The molecular formula is C16H17NO2. The summed E-state index contributed by atoms with van der Waals surface area (Å²) in [6.45, 7) is 1.93. The number of nitrogens with zero attached hydrogens (tertiary/aromatic N) is 1. The second-order valence-corrected chi connectivity index (χ2v) is 5.03. The molecule has 0 saturated heterocycles. The first-order valence-corrected chi connectivity index (χ1v) is 6.59. The summed E-state index contributed by atoms with van der Waals surface area (Å²) in [7, 11) is 0. The van der Waals surface area contributed by atoms with Crippen molar-refractivity contribution in [3.8, 4) is 5.75 Å². The molecule has 1 aliphatic carbocycles. The van der Waals surface area contributed by atoms with Gasteiger partial charge in [0.15, 0.2) is 0 Å². The van der Waals surface area contributed by atoms with E-state index in [0.717, 1.165) is 35.4 Å². The molecule has 1 N–H and O–H groups in total. The van der Waals surface area contributed by atoms with Gasteiger partial charge in [0, 0.05) is 17.5 Å². The van der Waals surface area contributed by atoms with E-state index in [1.807, 2.05) is 43.3 Å². The van der Waals surface area contributed by atoms with Crippen LogP contribution >= 0.6 is 0 Å². The number of aryl methyl sites for hydroxylation is 1. The van der Waals surface area contributed by atoms with Crippen LogP contribution in [-0.4, -0.2) is 16.2 Å². The minimum atomic E-state index is -0.657. The molecule has 1 aromatic carbocycles. The Morgan fingerprint density at radius 3 is 2.74 bits per heavy atom. The summed E-state index contributed by atoms with van der Waals surface area (Å²) in [4.78, 5) is 4.22. The first kappa shape index (κ1) is 12.2. The normalized spacial score (nSPS) is 16.1. The zero-order valence-electron chi connectivity index (χ0n) is 10.9. The fraction of sp³-hybridized carbons (Fsp3) is 0.312. The Kier molecular flexibility index (Phi) is 3.22. The first-order valence-electron chi connectivity index (χ1n) is 6.59. The zero-order chi connectivity index (χ0) is 13.2. The van der Waals surface area contributed by atoms with Crippen LogP contribution in [0.4, 0.5) is 0 Å². The van der Waals surface area contributed by atoms with Crippen molar-refractivity contribution in [2.75, 3.05) is 0 Å². The maximum atomic E-state index is 10.4. The Hall–Kier alpha value is -1.87. The molecule has 1 atom stereocenters. The SMILES string of the molecule is Cc1ccc(C(O)c2cccc(OC3CC3)c2)cn1. The molecule has 3 rings (SSSR count). The van der Waals surface area contributed by atoms with Gasteiger partial charge < -0.3 is 9.84 Å². The van der Waals surface area contributed by atoms with Gasteiger partial charge in [-0.15, -0.1) is 0 Å². The van der Waals surface area contributed by atoms with E-state index in [0.29, 0.717) is 6.10 Å². The van der Waals surface area contributed by atoms with Crippen LogP contribution in [0.2, 0.25) is 0 Å². The number of benzene rings is 1. The zero-order valence-corrected chi connectivity index (χ0v) is 10.9. The van der Waals surface area contributed by atoms with Gasteiger partial charge in [-0.25, -0.2) is 0 Å². The van der Waals surface area contributed by atoms with Gasteiger partial charge in [-0.2, -0.15) is 0 Å². The molecule has 19 heavy (non-hydrogen) atoms. The molecule has 3 heteroatoms. The third kappa shape index (κ3) is 2.93. The van der Waals surface area contributed by atoms with Crippen LogP contribution in [-0.2, 0) is 0 Å². The number of aliphatic hydroxyl groups excluding tert-OH is 1. The Morgan fingerprint density at radius 1 is 1.21 bits per heavy atom. The number of pyridine rings is 1. The van der Waals surface area contributed by atoms with Crippen molar-refractivity contribution in [1.29, 1.82) is 0 Å². The molecule has 0 spiro atoms. The molecule has 1 unspecified atom stereocenters. The number of hydrogen-bond acceptors (Lipinski definition) is 3. The maximum absolute atomic E-state index is 10.4. The summed E-state index contributed by atoms with van der Waals surface area (Å²) in [5, 5.41) is 10.4. The highest BCUT2D eigenvalue weighted by molar-refractivity contribution is 5.35. The molecule has 1 heterocycles. The fourth-order valence-corrected chi connectivity index (χ4v) is 1.97. The third-order valence-corrected chi connectivity index (χ3v) is 3.25. The van der Waals surface area contributed by atoms with Crippen LogP contribution in [0.5, 0.6) is 5.75 Å². The summed E-state index contributed by atoms with van der Waals surface area (Å²) >= 11 is 0. The Labute approximate surface area is 112 Å². The summed E-state index contributed by atoms with van der Waals surface area (Å²) in [5.41, 5.74) is 2.58. The Bertz CT molecular complexity index is 561. The van der Waals surface area contributed by atoms with Crippen molar-refractivity contribution in [1.82, 2.24) is 4.98 Å². The number of aliphatic hydroxyl groups is 1. The van der Waals surface area contributed by atoms with Gasteiger partial charge in [-0.05, 0) is 43.5 Å². The quantitative estimate of drug-likeness (QED) is 0.913. The van der Waals surface area contributed by atoms with E-state index in [2.05, 4.69) is 4.98 Å². The molecule has 98 valence electrons. The molecule has 0 bridgehead atoms. The van der Waals surface area contributed by atoms with Crippen molar-refractivity contribution < 1.29 is 9.84 Å². The van der Waals surface area contributed by atoms with Crippen LogP contribution in [0.15, 0.2) is 42.6 Å². The summed E-state index contributed by atoms with van der Waals surface area (Å²) < 4.78 is 5.74. The van der Waals surface area contributed by atoms with Crippen molar-refractivity contribution in [3.63, 3.8) is 0 Å². The van der Waals surface area contributed by atoms with E-state index < -0.39 is 6.10 Å². The molecule has 3 nitrogen and oxygen atoms in total. The smallest absolute Gasteiger partial charge is 0.120 e. The van der Waals surface area contributed by atoms with Gasteiger partial charge in [0.1, 0.15) is 11.9 Å². The van der Waals surface area contributed by atoms with Crippen molar-refractivity contribution in [3.05, 3.63) is 59.4 Å². The van der Waals surface area contributed by atoms with Gasteiger partial charge in [-0.3, -0.25) is 4.98 Å². The largest absolute Gasteiger partial charge is 0.490 e. The van der Waals surface area contributed by atoms with Crippen LogP contribution < -0.4 is 4.74 Å². The second-order valence-electron chi connectivity index (χ2n) is 5.03. The maximum Gasteiger partial charge on any atom is 0.120 e. The van der Waals surface area contributed by atoms with E-state index in [1.54, 1.807) is 6.20 Å². The average Bonchev–Trinajstić information content (AvgIpc) is 3.23. The number of ether oxygens (including phenoxy) is 1. The molecule has 1 aliphatic rings. The van der Waals surface area contributed by atoms with Crippen LogP contribution in [0.25, 0.3) is 0 Å². The highest BCUT2D eigenvalue weighted by atomic mass is 16.5. The summed E-state index contributed by atoms with van der Waals surface area (Å²) in [6.07, 6.45) is 3.70. The predicted molar refractivity (Wildman–Crippen MR) is 73.1 cm³/mol. The van der Waals surface area contributed by atoms with E-state index in [9.17, 15) is 5.11 Å². The van der Waals surface area contributed by atoms with Gasteiger partial charge in [0.05, 0.1) is 6.10 Å². The fourth-order valence-electron chi connectivity index (χ4n) is 1.97. The lowest BCUT2D eigenvalue weighted by atomic mass is 10.0. The number of aromatic nitrogens is 1. The molecule has 1 fully saturated rings. The molecule has 2 aromatic rings. The summed E-state index contributed by atoms with van der Waals surface area (Å²) in [6, 6.07) is 11.5. The van der Waals surface area contributed by atoms with Crippen LogP contribution in [0.1, 0.15) is 35.8 Å². The van der Waals surface area contributed by atoms with Crippen LogP contribution in [0.3, 0.4) is 0 Å². The van der Waals surface area contributed by atoms with Gasteiger partial charge in [0.25, 0.3) is 0 Å². The molecule has 1 saturated carbocycles. The van der Waals surface area contributed by atoms with Gasteiger partial charge >= 0.3 is 0 Å². The standard InChI is InChI=1S/C16H17NO2/c1-11-5-6-13(10-17-11)16(18)12-3-2-4-15(9-12)19-14-7-8-14/h2-6,9-10,14,16,18H,7-8H2,1H3. The average molecular weight is 255 g/mol. The lowest BCUT2D eigenvalue weighted by molar-refractivity contribution is 0.218. The molecule has 0 amide bonds. The highest BCUT2D eigenvalue weighted by Gasteiger charge is 2.23. The lowest BCUT2D eigenvalue weighted by Crippen LogP contribution is -2.02. The predicted octanol–water partition coefficient (Wildman–Crippen LogP) is 3.01. The van der Waals surface area contributed by atoms with Crippen LogP contribution in [0, 0.1) is 6.92 Å². The van der Waals surface area contributed by atoms with Crippen molar-refractivity contribution in [2.45, 2.75) is 32.0 Å². The minimum absolute atomic E-state index is 0.369. The van der Waals surface area contributed by atoms with E-state index in [1.165, 1.54) is 0 Å². The van der Waals surface area contributed by atoms with E-state index in [4.69, 9.17) is 4.74 Å². The van der Waals surface area contributed by atoms with Crippen molar-refractivity contribution in [2.24, 2.45) is 0 Å². The third-order valence-electron chi connectivity index (χ3n) is 3.25. The van der Waals surface area contributed by atoms with Gasteiger partial charge in [-0.1, -0.05) is 18.2 Å². The van der Waals surface area contributed by atoms with E-state index >= 15 is 0 Å².